The van der Waals surface area contributed by atoms with E-state index in [1.807, 2.05) is 13.0 Å². The zero-order valence-electron chi connectivity index (χ0n) is 14.0. The van der Waals surface area contributed by atoms with Crippen molar-refractivity contribution in [3.8, 4) is 0 Å². The second-order valence-electron chi connectivity index (χ2n) is 5.91. The van der Waals surface area contributed by atoms with E-state index in [-0.39, 0.29) is 18.1 Å². The molecule has 0 saturated carbocycles. The van der Waals surface area contributed by atoms with Crippen molar-refractivity contribution >= 4 is 23.7 Å². The summed E-state index contributed by atoms with van der Waals surface area (Å²) in [7, 11) is 1.50. The van der Waals surface area contributed by atoms with Gasteiger partial charge in [0.1, 0.15) is 5.82 Å². The maximum atomic E-state index is 11.8. The maximum absolute atomic E-state index is 11.8. The van der Waals surface area contributed by atoms with Gasteiger partial charge in [0, 0.05) is 46.0 Å². The molecule has 130 valence electrons. The van der Waals surface area contributed by atoms with Crippen LogP contribution in [0.3, 0.4) is 0 Å². The fraction of sp³-hybridized carbons (Fsp3) is 0.600. The number of hydrogen-bond acceptors (Lipinski definition) is 7. The number of urea groups is 1. The molecule has 3 amide bonds. The summed E-state index contributed by atoms with van der Waals surface area (Å²) in [4.78, 5) is 37.8. The van der Waals surface area contributed by atoms with Crippen LogP contribution in [0.5, 0.6) is 0 Å². The van der Waals surface area contributed by atoms with Crippen LogP contribution in [0.15, 0.2) is 12.3 Å². The van der Waals surface area contributed by atoms with E-state index < -0.39 is 0 Å². The summed E-state index contributed by atoms with van der Waals surface area (Å²) in [5.41, 5.74) is 0. The third-order valence-corrected chi connectivity index (χ3v) is 4.39. The minimum absolute atomic E-state index is 0.141. The van der Waals surface area contributed by atoms with Gasteiger partial charge in [-0.1, -0.05) is 0 Å². The number of anilines is 2. The van der Waals surface area contributed by atoms with Crippen LogP contribution in [0, 0.1) is 0 Å². The lowest BCUT2D eigenvalue weighted by molar-refractivity contribution is -0.130. The first-order valence-electron chi connectivity index (χ1n) is 8.21. The number of aromatic nitrogens is 2. The molecule has 2 N–H and O–H groups in total. The highest BCUT2D eigenvalue weighted by atomic mass is 16.2. The fourth-order valence-corrected chi connectivity index (χ4v) is 2.96. The molecule has 9 heteroatoms. The fourth-order valence-electron chi connectivity index (χ4n) is 2.96. The zero-order valence-corrected chi connectivity index (χ0v) is 14.0. The predicted molar refractivity (Wildman–Crippen MR) is 89.7 cm³/mol. The Morgan fingerprint density at radius 3 is 2.71 bits per heavy atom. The van der Waals surface area contributed by atoms with Crippen LogP contribution >= 0.6 is 0 Å². The van der Waals surface area contributed by atoms with Crippen molar-refractivity contribution in [1.82, 2.24) is 25.1 Å². The van der Waals surface area contributed by atoms with Crippen molar-refractivity contribution in [3.63, 3.8) is 0 Å². The molecule has 0 bridgehead atoms. The molecular weight excluding hydrogens is 310 g/mol. The van der Waals surface area contributed by atoms with E-state index in [0.29, 0.717) is 12.4 Å². The number of piperazine rings is 1. The minimum Gasteiger partial charge on any atom is -0.354 e. The average molecular weight is 333 g/mol. The van der Waals surface area contributed by atoms with Crippen LogP contribution in [0.1, 0.15) is 13.3 Å². The van der Waals surface area contributed by atoms with Gasteiger partial charge in [-0.25, -0.2) is 9.78 Å². The van der Waals surface area contributed by atoms with Gasteiger partial charge in [-0.15, -0.1) is 0 Å². The summed E-state index contributed by atoms with van der Waals surface area (Å²) in [6.45, 7) is 5.90. The number of carbonyl (C=O) groups excluding carboxylic acids is 2. The first kappa shape index (κ1) is 16.4. The number of imide groups is 1. The Morgan fingerprint density at radius 1 is 1.29 bits per heavy atom. The molecule has 1 aromatic rings. The molecule has 2 aliphatic heterocycles. The molecule has 2 saturated heterocycles. The minimum atomic E-state index is -0.329. The molecule has 1 atom stereocenters. The van der Waals surface area contributed by atoms with Crippen LogP contribution in [0.25, 0.3) is 0 Å². The Balaban J connectivity index is 1.59. The molecule has 2 fully saturated rings. The van der Waals surface area contributed by atoms with Gasteiger partial charge >= 0.3 is 6.03 Å². The Bertz CT molecular complexity index is 598. The smallest absolute Gasteiger partial charge is 0.325 e. The first-order chi connectivity index (χ1) is 11.6. The Morgan fingerprint density at radius 2 is 2.04 bits per heavy atom. The quantitative estimate of drug-likeness (QED) is 0.796. The van der Waals surface area contributed by atoms with E-state index >= 15 is 0 Å². The van der Waals surface area contributed by atoms with Gasteiger partial charge < -0.3 is 15.5 Å². The second kappa shape index (κ2) is 7.00. The zero-order chi connectivity index (χ0) is 17.1. The van der Waals surface area contributed by atoms with E-state index in [4.69, 9.17) is 0 Å². The number of amides is 3. The second-order valence-corrected chi connectivity index (χ2v) is 5.91. The number of hydrogen-bond donors (Lipinski definition) is 2. The molecule has 3 rings (SSSR count). The molecule has 0 radical (unpaired) electrons. The van der Waals surface area contributed by atoms with Gasteiger partial charge in [-0.05, 0) is 13.0 Å². The van der Waals surface area contributed by atoms with Crippen LogP contribution in [-0.2, 0) is 4.79 Å². The van der Waals surface area contributed by atoms with Crippen molar-refractivity contribution in [2.75, 3.05) is 50.0 Å². The molecule has 2 aliphatic rings. The van der Waals surface area contributed by atoms with Gasteiger partial charge in [0.15, 0.2) is 0 Å². The Kier molecular flexibility index (Phi) is 4.79. The van der Waals surface area contributed by atoms with Crippen LogP contribution in [0.2, 0.25) is 0 Å². The molecule has 0 aromatic carbocycles. The summed E-state index contributed by atoms with van der Waals surface area (Å²) >= 11 is 0. The van der Waals surface area contributed by atoms with Gasteiger partial charge in [-0.2, -0.15) is 4.98 Å². The molecule has 0 spiro atoms. The largest absolute Gasteiger partial charge is 0.354 e. The number of rotatable bonds is 4. The van der Waals surface area contributed by atoms with Crippen molar-refractivity contribution in [2.45, 2.75) is 19.5 Å². The van der Waals surface area contributed by atoms with Crippen LogP contribution in [-0.4, -0.2) is 77.6 Å². The number of nitrogens with one attached hydrogen (secondary N) is 2. The third-order valence-electron chi connectivity index (χ3n) is 4.39. The lowest BCUT2D eigenvalue weighted by Crippen LogP contribution is -2.62. The number of nitrogens with zero attached hydrogens (tertiary/aromatic N) is 5. The SMILES string of the molecule is CCNc1nccc(N2CCN(C3CC(=O)N(C)C(=O)N3)CC2)n1. The predicted octanol–water partition coefficient (Wildman–Crippen LogP) is -0.0718. The molecule has 0 aliphatic carbocycles. The van der Waals surface area contributed by atoms with Gasteiger partial charge in [0.25, 0.3) is 0 Å². The highest BCUT2D eigenvalue weighted by Crippen LogP contribution is 2.17. The highest BCUT2D eigenvalue weighted by molar-refractivity contribution is 5.96. The molecular formula is C15H23N7O2. The van der Waals surface area contributed by atoms with Crippen molar-refractivity contribution < 1.29 is 9.59 Å². The summed E-state index contributed by atoms with van der Waals surface area (Å²) in [6.07, 6.45) is 1.86. The van der Waals surface area contributed by atoms with Crippen molar-refractivity contribution in [3.05, 3.63) is 12.3 Å². The third kappa shape index (κ3) is 3.40. The van der Waals surface area contributed by atoms with E-state index in [2.05, 4.69) is 30.4 Å². The van der Waals surface area contributed by atoms with E-state index in [0.717, 1.165) is 43.4 Å². The van der Waals surface area contributed by atoms with E-state index in [9.17, 15) is 9.59 Å². The maximum Gasteiger partial charge on any atom is 0.325 e. The van der Waals surface area contributed by atoms with Crippen LogP contribution in [0.4, 0.5) is 16.6 Å². The summed E-state index contributed by atoms with van der Waals surface area (Å²) in [5, 5.41) is 6.00. The molecule has 1 aromatic heterocycles. The number of carbonyl (C=O) groups is 2. The molecule has 1 unspecified atom stereocenters. The Labute approximate surface area is 141 Å². The first-order valence-corrected chi connectivity index (χ1v) is 8.21. The molecule has 24 heavy (non-hydrogen) atoms. The summed E-state index contributed by atoms with van der Waals surface area (Å²) in [6, 6.07) is 1.57. The average Bonchev–Trinajstić information content (AvgIpc) is 2.60. The van der Waals surface area contributed by atoms with Crippen molar-refractivity contribution in [2.24, 2.45) is 0 Å². The lowest BCUT2D eigenvalue weighted by Gasteiger charge is -2.41. The summed E-state index contributed by atoms with van der Waals surface area (Å²) in [5.74, 6) is 1.38. The molecule has 9 nitrogen and oxygen atoms in total. The van der Waals surface area contributed by atoms with Crippen LogP contribution < -0.4 is 15.5 Å². The molecule has 3 heterocycles. The van der Waals surface area contributed by atoms with E-state index in [1.165, 1.54) is 7.05 Å². The normalized spacial score (nSPS) is 22.5. The Hall–Kier alpha value is -2.42. The lowest BCUT2D eigenvalue weighted by atomic mass is 10.2. The standard InChI is InChI=1S/C15H23N7O2/c1-3-16-14-17-5-4-11(18-14)21-6-8-22(9-7-21)12-10-13(23)20(2)15(24)19-12/h4-5,12H,3,6-10H2,1-2H3,(H,19,24)(H,16,17,18). The monoisotopic (exact) mass is 333 g/mol. The van der Waals surface area contributed by atoms with Gasteiger partial charge in [-0.3, -0.25) is 14.6 Å². The van der Waals surface area contributed by atoms with E-state index in [1.54, 1.807) is 6.20 Å². The van der Waals surface area contributed by atoms with Crippen molar-refractivity contribution in [1.29, 1.82) is 0 Å². The van der Waals surface area contributed by atoms with Gasteiger partial charge in [0.2, 0.25) is 11.9 Å². The highest BCUT2D eigenvalue weighted by Gasteiger charge is 2.34. The topological polar surface area (TPSA) is 93.7 Å². The van der Waals surface area contributed by atoms with Gasteiger partial charge in [0.05, 0.1) is 12.6 Å². The summed E-state index contributed by atoms with van der Waals surface area (Å²) < 4.78 is 0.